The number of methoxy groups -OCH3 is 2. The van der Waals surface area contributed by atoms with E-state index in [-0.39, 0.29) is 18.4 Å². The Labute approximate surface area is 204 Å². The summed E-state index contributed by atoms with van der Waals surface area (Å²) < 4.78 is 15.9. The molecule has 6 heteroatoms. The molecule has 0 bridgehead atoms. The summed E-state index contributed by atoms with van der Waals surface area (Å²) >= 11 is 0. The predicted octanol–water partition coefficient (Wildman–Crippen LogP) is 5.72. The van der Waals surface area contributed by atoms with E-state index in [2.05, 4.69) is 36.1 Å². The summed E-state index contributed by atoms with van der Waals surface area (Å²) in [5.41, 5.74) is 3.54. The van der Waals surface area contributed by atoms with Crippen molar-refractivity contribution in [3.63, 3.8) is 0 Å². The normalized spacial score (nSPS) is 14.8. The summed E-state index contributed by atoms with van der Waals surface area (Å²) in [6.45, 7) is 4.97. The SMILES string of the molecule is CCN(CCCCCCOC(=O)c1ccc(OC)c(OC)c1)C1CCc2ccccc2C1.Cl. The van der Waals surface area contributed by atoms with Crippen molar-refractivity contribution >= 4 is 18.4 Å². The molecule has 0 amide bonds. The highest BCUT2D eigenvalue weighted by Crippen LogP contribution is 2.28. The molecule has 2 aromatic carbocycles. The molecule has 0 aliphatic heterocycles. The number of benzene rings is 2. The van der Waals surface area contributed by atoms with Crippen LogP contribution in [0.5, 0.6) is 11.5 Å². The van der Waals surface area contributed by atoms with E-state index in [4.69, 9.17) is 14.2 Å². The molecular weight excluding hydrogens is 438 g/mol. The van der Waals surface area contributed by atoms with Gasteiger partial charge in [-0.05, 0) is 74.5 Å². The van der Waals surface area contributed by atoms with Crippen molar-refractivity contribution in [1.29, 1.82) is 0 Å². The molecule has 2 aromatic rings. The van der Waals surface area contributed by atoms with Crippen LogP contribution in [0.15, 0.2) is 42.5 Å². The van der Waals surface area contributed by atoms with Crippen LogP contribution in [-0.4, -0.2) is 50.8 Å². The number of likely N-dealkylation sites (N-methyl/N-ethyl adjacent to an activating group) is 1. The van der Waals surface area contributed by atoms with Crippen LogP contribution < -0.4 is 9.47 Å². The molecule has 1 aliphatic rings. The summed E-state index contributed by atoms with van der Waals surface area (Å²) in [5.74, 6) is 0.812. The molecule has 1 atom stereocenters. The number of aryl methyl sites for hydroxylation is 1. The number of hydrogen-bond acceptors (Lipinski definition) is 5. The minimum absolute atomic E-state index is 0. The van der Waals surface area contributed by atoms with Crippen LogP contribution in [0.25, 0.3) is 0 Å². The molecule has 1 aliphatic carbocycles. The number of rotatable bonds is 12. The van der Waals surface area contributed by atoms with Gasteiger partial charge in [-0.25, -0.2) is 4.79 Å². The maximum absolute atomic E-state index is 12.3. The van der Waals surface area contributed by atoms with Crippen LogP contribution in [0, 0.1) is 0 Å². The summed E-state index contributed by atoms with van der Waals surface area (Å²) in [5, 5.41) is 0. The molecule has 33 heavy (non-hydrogen) atoms. The van der Waals surface area contributed by atoms with Crippen molar-refractivity contribution < 1.29 is 19.0 Å². The van der Waals surface area contributed by atoms with E-state index >= 15 is 0 Å². The molecule has 0 heterocycles. The van der Waals surface area contributed by atoms with Crippen LogP contribution in [0.2, 0.25) is 0 Å². The Kier molecular flexibility index (Phi) is 11.6. The van der Waals surface area contributed by atoms with E-state index in [0.29, 0.717) is 29.7 Å². The molecule has 1 unspecified atom stereocenters. The zero-order chi connectivity index (χ0) is 22.8. The first-order chi connectivity index (χ1) is 15.7. The van der Waals surface area contributed by atoms with E-state index in [1.54, 1.807) is 32.4 Å². The quantitative estimate of drug-likeness (QED) is 0.290. The molecule has 0 fully saturated rings. The van der Waals surface area contributed by atoms with E-state index in [1.807, 2.05) is 0 Å². The average Bonchev–Trinajstić information content (AvgIpc) is 2.84. The first-order valence-electron chi connectivity index (χ1n) is 11.9. The third-order valence-electron chi connectivity index (χ3n) is 6.44. The van der Waals surface area contributed by atoms with E-state index < -0.39 is 0 Å². The summed E-state index contributed by atoms with van der Waals surface area (Å²) in [6.07, 6.45) is 7.95. The second kappa shape index (κ2) is 14.1. The van der Waals surface area contributed by atoms with Gasteiger partial charge in [-0.2, -0.15) is 0 Å². The molecular formula is C27H38ClNO4. The van der Waals surface area contributed by atoms with Crippen molar-refractivity contribution in [3.05, 3.63) is 59.2 Å². The van der Waals surface area contributed by atoms with Gasteiger partial charge < -0.3 is 19.1 Å². The van der Waals surface area contributed by atoms with Crippen LogP contribution >= 0.6 is 12.4 Å². The lowest BCUT2D eigenvalue weighted by Gasteiger charge is -2.34. The Morgan fingerprint density at radius 2 is 1.70 bits per heavy atom. The first-order valence-corrected chi connectivity index (χ1v) is 11.9. The second-order valence-electron chi connectivity index (χ2n) is 8.41. The van der Waals surface area contributed by atoms with Gasteiger partial charge in [-0.3, -0.25) is 0 Å². The van der Waals surface area contributed by atoms with Gasteiger partial charge in [0.15, 0.2) is 11.5 Å². The number of carbonyl (C=O) groups excluding carboxylic acids is 1. The number of hydrogen-bond donors (Lipinski definition) is 0. The van der Waals surface area contributed by atoms with Gasteiger partial charge >= 0.3 is 5.97 Å². The summed E-state index contributed by atoms with van der Waals surface area (Å²) in [4.78, 5) is 14.9. The highest BCUT2D eigenvalue weighted by Gasteiger charge is 2.22. The van der Waals surface area contributed by atoms with Gasteiger partial charge in [-0.15, -0.1) is 12.4 Å². The van der Waals surface area contributed by atoms with Crippen molar-refractivity contribution in [2.75, 3.05) is 33.9 Å². The number of ether oxygens (including phenoxy) is 3. The highest BCUT2D eigenvalue weighted by molar-refractivity contribution is 5.90. The zero-order valence-electron chi connectivity index (χ0n) is 20.2. The van der Waals surface area contributed by atoms with E-state index in [9.17, 15) is 4.79 Å². The fourth-order valence-electron chi connectivity index (χ4n) is 4.57. The Morgan fingerprint density at radius 3 is 2.42 bits per heavy atom. The van der Waals surface area contributed by atoms with Gasteiger partial charge in [0.1, 0.15) is 0 Å². The maximum Gasteiger partial charge on any atom is 0.338 e. The molecule has 0 aromatic heterocycles. The molecule has 182 valence electrons. The van der Waals surface area contributed by atoms with Gasteiger partial charge in [0.25, 0.3) is 0 Å². The minimum Gasteiger partial charge on any atom is -0.493 e. The van der Waals surface area contributed by atoms with Crippen LogP contribution in [0.3, 0.4) is 0 Å². The molecule has 5 nitrogen and oxygen atoms in total. The topological polar surface area (TPSA) is 48.0 Å². The maximum atomic E-state index is 12.3. The number of esters is 1. The van der Waals surface area contributed by atoms with E-state index in [1.165, 1.54) is 36.8 Å². The molecule has 0 spiro atoms. The van der Waals surface area contributed by atoms with Gasteiger partial charge in [0.2, 0.25) is 0 Å². The fourth-order valence-corrected chi connectivity index (χ4v) is 4.57. The summed E-state index contributed by atoms with van der Waals surface area (Å²) in [6, 6.07) is 14.6. The van der Waals surface area contributed by atoms with Gasteiger partial charge in [0.05, 0.1) is 26.4 Å². The standard InChI is InChI=1S/C27H37NO4.ClH/c1-4-28(24-15-13-21-11-7-8-12-22(21)19-24)17-9-5-6-10-18-32-27(29)23-14-16-25(30-2)26(20-23)31-3;/h7-8,11-12,14,16,20,24H,4-6,9-10,13,15,17-19H2,1-3H3;1H. The number of halogens is 1. The number of carbonyl (C=O) groups is 1. The molecule has 0 radical (unpaired) electrons. The lowest BCUT2D eigenvalue weighted by molar-refractivity contribution is 0.0497. The van der Waals surface area contributed by atoms with Crippen LogP contribution in [-0.2, 0) is 17.6 Å². The molecule has 0 saturated carbocycles. The number of nitrogens with zero attached hydrogens (tertiary/aromatic N) is 1. The highest BCUT2D eigenvalue weighted by atomic mass is 35.5. The second-order valence-corrected chi connectivity index (χ2v) is 8.41. The predicted molar refractivity (Wildman–Crippen MR) is 135 cm³/mol. The zero-order valence-corrected chi connectivity index (χ0v) is 21.0. The lowest BCUT2D eigenvalue weighted by atomic mass is 9.87. The van der Waals surface area contributed by atoms with Crippen molar-refractivity contribution in [2.24, 2.45) is 0 Å². The van der Waals surface area contributed by atoms with Crippen molar-refractivity contribution in [1.82, 2.24) is 4.90 Å². The average molecular weight is 476 g/mol. The Morgan fingerprint density at radius 1 is 0.970 bits per heavy atom. The monoisotopic (exact) mass is 475 g/mol. The largest absolute Gasteiger partial charge is 0.493 e. The Balaban J connectivity index is 0.00000385. The van der Waals surface area contributed by atoms with Crippen LogP contribution in [0.4, 0.5) is 0 Å². The number of unbranched alkanes of at least 4 members (excludes halogenated alkanes) is 3. The first kappa shape index (κ1) is 27.0. The lowest BCUT2D eigenvalue weighted by Crippen LogP contribution is -2.39. The molecule has 0 saturated heterocycles. The van der Waals surface area contributed by atoms with E-state index in [0.717, 1.165) is 32.4 Å². The molecule has 3 rings (SSSR count). The minimum atomic E-state index is -0.319. The number of fused-ring (bicyclic) bond motifs is 1. The third-order valence-corrected chi connectivity index (χ3v) is 6.44. The van der Waals surface area contributed by atoms with Gasteiger partial charge in [0, 0.05) is 6.04 Å². The Hall–Kier alpha value is -2.24. The van der Waals surface area contributed by atoms with Gasteiger partial charge in [-0.1, -0.05) is 44.0 Å². The summed E-state index contributed by atoms with van der Waals surface area (Å²) in [7, 11) is 3.13. The fraction of sp³-hybridized carbons (Fsp3) is 0.519. The smallest absolute Gasteiger partial charge is 0.338 e. The van der Waals surface area contributed by atoms with Crippen molar-refractivity contribution in [2.45, 2.75) is 57.9 Å². The third kappa shape index (κ3) is 7.65. The van der Waals surface area contributed by atoms with Crippen molar-refractivity contribution in [3.8, 4) is 11.5 Å². The molecule has 0 N–H and O–H groups in total. The van der Waals surface area contributed by atoms with Crippen LogP contribution in [0.1, 0.15) is 60.5 Å². The Bertz CT molecular complexity index is 873.